The van der Waals surface area contributed by atoms with Crippen LogP contribution in [0.15, 0.2) is 23.6 Å². The zero-order valence-electron chi connectivity index (χ0n) is 8.50. The summed E-state index contributed by atoms with van der Waals surface area (Å²) in [4.78, 5) is 0. The van der Waals surface area contributed by atoms with Gasteiger partial charge in [0.05, 0.1) is 0 Å². The number of nitrogens with one attached hydrogen (secondary N) is 1. The number of halogens is 4. The molecule has 1 aliphatic rings. The van der Waals surface area contributed by atoms with Gasteiger partial charge in [0, 0.05) is 6.08 Å². The molecule has 1 rings (SSSR count). The van der Waals surface area contributed by atoms with E-state index in [-0.39, 0.29) is 0 Å². The van der Waals surface area contributed by atoms with E-state index in [9.17, 15) is 13.2 Å². The lowest BCUT2D eigenvalue weighted by molar-refractivity contribution is 0.0452. The molecule has 86 valence electrons. The Morgan fingerprint density at radius 3 is 2.40 bits per heavy atom. The molecule has 0 aromatic rings. The van der Waals surface area contributed by atoms with Crippen LogP contribution in [0, 0.1) is 0 Å². The van der Waals surface area contributed by atoms with Crippen LogP contribution in [-0.4, -0.2) is 10.9 Å². The fourth-order valence-electron chi connectivity index (χ4n) is 0.978. The molecule has 0 saturated carbocycles. The van der Waals surface area contributed by atoms with Crippen molar-refractivity contribution in [3.05, 3.63) is 23.6 Å². The van der Waals surface area contributed by atoms with Gasteiger partial charge >= 0.3 is 0 Å². The average molecular weight is 242 g/mol. The molecule has 6 heteroatoms. The predicted octanol–water partition coefficient (Wildman–Crippen LogP) is 3.26. The number of dihydropyridines is 1. The van der Waals surface area contributed by atoms with E-state index in [1.807, 2.05) is 0 Å². The smallest absolute Gasteiger partial charge is 0.281 e. The summed E-state index contributed by atoms with van der Waals surface area (Å²) < 4.78 is 44.2. The van der Waals surface area contributed by atoms with Crippen molar-refractivity contribution >= 4 is 11.6 Å². The maximum absolute atomic E-state index is 13.2. The number of rotatable bonds is 1. The van der Waals surface area contributed by atoms with Gasteiger partial charge in [-0.15, -0.1) is 0 Å². The second kappa shape index (κ2) is 3.63. The van der Waals surface area contributed by atoms with Crippen LogP contribution in [-0.2, 0) is 4.74 Å². The number of ether oxygens (including phenoxy) is 1. The summed E-state index contributed by atoms with van der Waals surface area (Å²) in [6.07, 6.45) is 0.637. The third kappa shape index (κ3) is 3.34. The van der Waals surface area contributed by atoms with Gasteiger partial charge in [0.1, 0.15) is 5.60 Å². The van der Waals surface area contributed by atoms with Crippen LogP contribution >= 0.6 is 11.6 Å². The van der Waals surface area contributed by atoms with Gasteiger partial charge in [-0.05, 0) is 20.8 Å². The Bertz CT molecular complexity index is 331. The minimum Gasteiger partial charge on any atom is -0.485 e. The van der Waals surface area contributed by atoms with Gasteiger partial charge in [-0.3, -0.25) is 0 Å². The molecule has 0 spiro atoms. The van der Waals surface area contributed by atoms with Crippen molar-refractivity contribution in [3.8, 4) is 0 Å². The first-order chi connectivity index (χ1) is 6.61. The van der Waals surface area contributed by atoms with Crippen molar-refractivity contribution in [2.24, 2.45) is 0 Å². The molecule has 0 aromatic carbocycles. The molecule has 15 heavy (non-hydrogen) atoms. The lowest BCUT2D eigenvalue weighted by Crippen LogP contribution is -2.36. The predicted molar refractivity (Wildman–Crippen MR) is 51.0 cm³/mol. The number of alkyl halides is 2. The van der Waals surface area contributed by atoms with Crippen molar-refractivity contribution in [3.63, 3.8) is 0 Å². The fourth-order valence-corrected chi connectivity index (χ4v) is 1.16. The van der Waals surface area contributed by atoms with Crippen molar-refractivity contribution < 1.29 is 17.9 Å². The molecule has 0 bridgehead atoms. The highest BCUT2D eigenvalue weighted by Gasteiger charge is 2.35. The molecule has 0 radical (unpaired) electrons. The third-order valence-electron chi connectivity index (χ3n) is 1.41. The second-order valence-electron chi connectivity index (χ2n) is 4.10. The Morgan fingerprint density at radius 1 is 1.40 bits per heavy atom. The van der Waals surface area contributed by atoms with Crippen LogP contribution in [0.25, 0.3) is 0 Å². The van der Waals surface area contributed by atoms with E-state index in [0.717, 1.165) is 0 Å². The van der Waals surface area contributed by atoms with Crippen molar-refractivity contribution in [1.82, 2.24) is 5.32 Å². The van der Waals surface area contributed by atoms with E-state index in [4.69, 9.17) is 16.3 Å². The van der Waals surface area contributed by atoms with Crippen LogP contribution in [0.2, 0.25) is 0 Å². The number of allylic oxidation sites excluding steroid dienone is 1. The van der Waals surface area contributed by atoms with Crippen LogP contribution in [0.4, 0.5) is 13.2 Å². The van der Waals surface area contributed by atoms with Crippen molar-refractivity contribution in [2.45, 2.75) is 31.6 Å². The molecule has 0 saturated heterocycles. The maximum Gasteiger partial charge on any atom is 0.281 e. The summed E-state index contributed by atoms with van der Waals surface area (Å²) in [5.41, 5.74) is -0.770. The molecule has 2 nitrogen and oxygen atoms in total. The minimum absolute atomic E-state index is 0.545. The summed E-state index contributed by atoms with van der Waals surface area (Å²) in [6.45, 7) is 4.86. The minimum atomic E-state index is -2.67. The summed E-state index contributed by atoms with van der Waals surface area (Å²) in [5.74, 6) is -3.32. The zero-order chi connectivity index (χ0) is 11.9. The number of hydrogen-bond donors (Lipinski definition) is 1. The maximum atomic E-state index is 13.2. The first-order valence-corrected chi connectivity index (χ1v) is 4.62. The number of hydrogen-bond acceptors (Lipinski definition) is 2. The Labute approximate surface area is 90.7 Å². The first kappa shape index (κ1) is 12.2. The molecule has 0 aromatic heterocycles. The lowest BCUT2D eigenvalue weighted by Gasteiger charge is -2.27. The van der Waals surface area contributed by atoms with E-state index in [0.29, 0.717) is 6.08 Å². The molecular formula is C9H11ClF3NO. The topological polar surface area (TPSA) is 21.3 Å². The largest absolute Gasteiger partial charge is 0.485 e. The second-order valence-corrected chi connectivity index (χ2v) is 4.65. The summed E-state index contributed by atoms with van der Waals surface area (Å²) in [5, 5.41) is -1.16. The third-order valence-corrected chi connectivity index (χ3v) is 1.62. The van der Waals surface area contributed by atoms with E-state index in [2.05, 4.69) is 0 Å². The summed E-state index contributed by atoms with van der Waals surface area (Å²) in [6, 6.07) is 0. The van der Waals surface area contributed by atoms with Gasteiger partial charge < -0.3 is 10.1 Å². The standard InChI is InChI=1S/C9H11ClF3NO/c1-8(2,3)15-5-4-9(10,13)14-7(12)6(5)11/h4,14H,1-3H3. The highest BCUT2D eigenvalue weighted by Crippen LogP contribution is 2.33. The molecular weight excluding hydrogens is 231 g/mol. The van der Waals surface area contributed by atoms with Crippen molar-refractivity contribution in [1.29, 1.82) is 0 Å². The summed E-state index contributed by atoms with van der Waals surface area (Å²) >= 11 is 5.18. The SMILES string of the molecule is CC(C)(C)OC1=CC(F)(Cl)NC(F)=C1F. The summed E-state index contributed by atoms with van der Waals surface area (Å²) in [7, 11) is 0. The van der Waals surface area contributed by atoms with E-state index < -0.39 is 28.4 Å². The van der Waals surface area contributed by atoms with Crippen molar-refractivity contribution in [2.75, 3.05) is 0 Å². The van der Waals surface area contributed by atoms with Gasteiger partial charge in [-0.25, -0.2) is 0 Å². The normalized spacial score (nSPS) is 27.3. The lowest BCUT2D eigenvalue weighted by atomic mass is 10.2. The van der Waals surface area contributed by atoms with Gasteiger partial charge in [-0.2, -0.15) is 13.2 Å². The van der Waals surface area contributed by atoms with Crippen LogP contribution in [0.5, 0.6) is 0 Å². The highest BCUT2D eigenvalue weighted by molar-refractivity contribution is 6.24. The van der Waals surface area contributed by atoms with E-state index >= 15 is 0 Å². The van der Waals surface area contributed by atoms with Gasteiger partial charge in [0.2, 0.25) is 11.8 Å². The molecule has 1 N–H and O–H groups in total. The molecule has 0 amide bonds. The molecule has 1 unspecified atom stereocenters. The zero-order valence-corrected chi connectivity index (χ0v) is 9.25. The van der Waals surface area contributed by atoms with Gasteiger partial charge in [-0.1, -0.05) is 11.6 Å². The molecule has 0 fully saturated rings. The monoisotopic (exact) mass is 241 g/mol. The molecule has 1 atom stereocenters. The fraction of sp³-hybridized carbons (Fsp3) is 0.556. The Balaban J connectivity index is 2.99. The highest BCUT2D eigenvalue weighted by atomic mass is 35.5. The molecule has 1 heterocycles. The van der Waals surface area contributed by atoms with E-state index in [1.165, 1.54) is 5.32 Å². The Morgan fingerprint density at radius 2 is 1.93 bits per heavy atom. The van der Waals surface area contributed by atoms with Crippen LogP contribution in [0.1, 0.15) is 20.8 Å². The molecule has 1 aliphatic heterocycles. The van der Waals surface area contributed by atoms with Crippen LogP contribution in [0.3, 0.4) is 0 Å². The quantitative estimate of drug-likeness (QED) is 0.562. The Kier molecular flexibility index (Phi) is 2.96. The molecule has 0 aliphatic carbocycles. The van der Waals surface area contributed by atoms with Crippen LogP contribution < -0.4 is 5.32 Å². The van der Waals surface area contributed by atoms with Gasteiger partial charge in [0.15, 0.2) is 5.76 Å². The van der Waals surface area contributed by atoms with E-state index in [1.54, 1.807) is 20.8 Å². The Hall–Kier alpha value is -0.840. The average Bonchev–Trinajstić information content (AvgIpc) is 1.95. The first-order valence-electron chi connectivity index (χ1n) is 4.24. The van der Waals surface area contributed by atoms with Gasteiger partial charge in [0.25, 0.3) is 5.25 Å².